The monoisotopic (exact) mass is 482 g/mol. The number of nitrogens with zero attached hydrogens (tertiary/aromatic N) is 1. The Labute approximate surface area is 209 Å². The van der Waals surface area contributed by atoms with Crippen LogP contribution in [0.1, 0.15) is 17.3 Å². The number of hydrogen-bond acceptors (Lipinski definition) is 4. The molecule has 35 heavy (non-hydrogen) atoms. The number of para-hydroxylation sites is 2. The number of amides is 2. The Bertz CT molecular complexity index is 1220. The summed E-state index contributed by atoms with van der Waals surface area (Å²) in [5, 5.41) is 2.57. The third kappa shape index (κ3) is 6.11. The number of anilines is 3. The van der Waals surface area contributed by atoms with Crippen molar-refractivity contribution in [1.29, 1.82) is 0 Å². The molecule has 1 unspecified atom stereocenters. The second-order valence-electron chi connectivity index (χ2n) is 7.81. The largest absolute Gasteiger partial charge is 0.497 e. The van der Waals surface area contributed by atoms with Crippen LogP contribution in [0.3, 0.4) is 0 Å². The Kier molecular flexibility index (Phi) is 7.85. The van der Waals surface area contributed by atoms with Gasteiger partial charge in [-0.1, -0.05) is 36.4 Å². The Hall–Kier alpha value is -4.03. The van der Waals surface area contributed by atoms with Crippen LogP contribution in [-0.2, 0) is 4.79 Å². The van der Waals surface area contributed by atoms with Crippen LogP contribution in [0, 0.1) is 0 Å². The second kappa shape index (κ2) is 11.4. The summed E-state index contributed by atoms with van der Waals surface area (Å²) < 4.78 is 5.13. The van der Waals surface area contributed by atoms with E-state index in [9.17, 15) is 9.59 Å². The maximum atomic E-state index is 13.5. The summed E-state index contributed by atoms with van der Waals surface area (Å²) in [4.78, 5) is 28.7. The number of rotatable bonds is 8. The molecule has 0 spiro atoms. The maximum Gasteiger partial charge on any atom is 0.255 e. The van der Waals surface area contributed by atoms with E-state index in [-0.39, 0.29) is 17.1 Å². The summed E-state index contributed by atoms with van der Waals surface area (Å²) in [7, 11) is 1.59. The van der Waals surface area contributed by atoms with Crippen LogP contribution in [0.15, 0.2) is 114 Å². The third-order valence-corrected chi connectivity index (χ3v) is 6.47. The van der Waals surface area contributed by atoms with Gasteiger partial charge in [-0.25, -0.2) is 0 Å². The quantitative estimate of drug-likeness (QED) is 0.281. The Balaban J connectivity index is 1.43. The highest BCUT2D eigenvalue weighted by atomic mass is 32.2. The summed E-state index contributed by atoms with van der Waals surface area (Å²) in [6, 6.07) is 33.7. The normalized spacial score (nSPS) is 11.4. The zero-order valence-electron chi connectivity index (χ0n) is 19.5. The molecular formula is C29H26N2O3S. The summed E-state index contributed by atoms with van der Waals surface area (Å²) >= 11 is 1.48. The fourth-order valence-corrected chi connectivity index (χ4v) is 4.46. The van der Waals surface area contributed by atoms with E-state index in [0.717, 1.165) is 16.3 Å². The highest BCUT2D eigenvalue weighted by Gasteiger charge is 2.24. The zero-order chi connectivity index (χ0) is 24.6. The minimum Gasteiger partial charge on any atom is -0.497 e. The number of nitrogens with one attached hydrogen (secondary N) is 1. The molecule has 0 aliphatic carbocycles. The van der Waals surface area contributed by atoms with Crippen molar-refractivity contribution in [2.75, 3.05) is 17.3 Å². The van der Waals surface area contributed by atoms with E-state index in [1.54, 1.807) is 36.3 Å². The van der Waals surface area contributed by atoms with Gasteiger partial charge in [-0.3, -0.25) is 14.5 Å². The highest BCUT2D eigenvalue weighted by Crippen LogP contribution is 2.31. The summed E-state index contributed by atoms with van der Waals surface area (Å²) in [6.07, 6.45) is 0. The molecule has 0 radical (unpaired) electrons. The van der Waals surface area contributed by atoms with Gasteiger partial charge in [-0.2, -0.15) is 0 Å². The van der Waals surface area contributed by atoms with Crippen molar-refractivity contribution in [1.82, 2.24) is 0 Å². The van der Waals surface area contributed by atoms with Crippen molar-refractivity contribution in [2.24, 2.45) is 0 Å². The van der Waals surface area contributed by atoms with Crippen molar-refractivity contribution in [3.05, 3.63) is 115 Å². The minimum atomic E-state index is -0.324. The van der Waals surface area contributed by atoms with E-state index in [1.165, 1.54) is 11.8 Å². The van der Waals surface area contributed by atoms with Gasteiger partial charge in [0.05, 0.1) is 12.4 Å². The van der Waals surface area contributed by atoms with Gasteiger partial charge in [0.1, 0.15) is 5.75 Å². The predicted octanol–water partition coefficient (Wildman–Crippen LogP) is 6.79. The maximum absolute atomic E-state index is 13.5. The highest BCUT2D eigenvalue weighted by molar-refractivity contribution is 8.00. The number of thioether (sulfide) groups is 1. The first kappa shape index (κ1) is 24.1. The molecule has 0 saturated heterocycles. The van der Waals surface area contributed by atoms with Crippen LogP contribution in [-0.4, -0.2) is 24.2 Å². The number of hydrogen-bond donors (Lipinski definition) is 1. The minimum absolute atomic E-state index is 0.00992. The molecule has 0 saturated carbocycles. The van der Waals surface area contributed by atoms with Crippen molar-refractivity contribution in [3.63, 3.8) is 0 Å². The predicted molar refractivity (Wildman–Crippen MR) is 143 cm³/mol. The first-order chi connectivity index (χ1) is 17.0. The fraction of sp³-hybridized carbons (Fsp3) is 0.103. The van der Waals surface area contributed by atoms with E-state index >= 15 is 0 Å². The van der Waals surface area contributed by atoms with Crippen LogP contribution in [0.2, 0.25) is 0 Å². The molecule has 176 valence electrons. The summed E-state index contributed by atoms with van der Waals surface area (Å²) in [6.45, 7) is 1.91. The standard InChI is InChI=1S/C29H26N2O3S/c1-21(29(33)31(24-9-5-3-6-10-24)25-11-7-4-8-12-25)35-27-19-15-23(16-20-27)30-28(32)22-13-17-26(34-2)18-14-22/h3-21H,1-2H3,(H,30,32). The Morgan fingerprint density at radius 1 is 0.771 bits per heavy atom. The molecule has 4 aromatic carbocycles. The molecular weight excluding hydrogens is 456 g/mol. The Morgan fingerprint density at radius 3 is 1.83 bits per heavy atom. The number of carbonyl (C=O) groups excluding carboxylic acids is 2. The van der Waals surface area contributed by atoms with E-state index in [0.29, 0.717) is 17.0 Å². The van der Waals surface area contributed by atoms with Crippen LogP contribution in [0.25, 0.3) is 0 Å². The van der Waals surface area contributed by atoms with Crippen molar-refractivity contribution in [2.45, 2.75) is 17.1 Å². The number of ether oxygens (including phenoxy) is 1. The van der Waals surface area contributed by atoms with Gasteiger partial charge in [0.15, 0.2) is 0 Å². The molecule has 0 fully saturated rings. The van der Waals surface area contributed by atoms with E-state index in [2.05, 4.69) is 5.32 Å². The lowest BCUT2D eigenvalue weighted by molar-refractivity contribution is -0.117. The van der Waals surface area contributed by atoms with Crippen molar-refractivity contribution in [3.8, 4) is 5.75 Å². The van der Waals surface area contributed by atoms with E-state index in [1.807, 2.05) is 91.9 Å². The Morgan fingerprint density at radius 2 is 1.31 bits per heavy atom. The molecule has 6 heteroatoms. The number of methoxy groups -OCH3 is 1. The second-order valence-corrected chi connectivity index (χ2v) is 9.23. The van der Waals surface area contributed by atoms with Gasteiger partial charge in [-0.05, 0) is 79.7 Å². The lowest BCUT2D eigenvalue weighted by Crippen LogP contribution is -2.32. The fourth-order valence-electron chi connectivity index (χ4n) is 3.56. The van der Waals surface area contributed by atoms with Gasteiger partial charge < -0.3 is 10.1 Å². The van der Waals surface area contributed by atoms with Crippen LogP contribution in [0.5, 0.6) is 5.75 Å². The van der Waals surface area contributed by atoms with Crippen molar-refractivity contribution >= 4 is 40.6 Å². The first-order valence-corrected chi connectivity index (χ1v) is 12.1. The molecule has 0 heterocycles. The topological polar surface area (TPSA) is 58.6 Å². The van der Waals surface area contributed by atoms with Crippen LogP contribution < -0.4 is 15.0 Å². The molecule has 1 N–H and O–H groups in total. The summed E-state index contributed by atoms with van der Waals surface area (Å²) in [5.41, 5.74) is 2.88. The summed E-state index contributed by atoms with van der Waals surface area (Å²) in [5.74, 6) is 0.493. The van der Waals surface area contributed by atoms with Crippen molar-refractivity contribution < 1.29 is 14.3 Å². The first-order valence-electron chi connectivity index (χ1n) is 11.2. The molecule has 0 aliphatic rings. The van der Waals surface area contributed by atoms with Crippen LogP contribution in [0.4, 0.5) is 17.1 Å². The average Bonchev–Trinajstić information content (AvgIpc) is 2.91. The molecule has 0 aromatic heterocycles. The van der Waals surface area contributed by atoms with Crippen LogP contribution >= 0.6 is 11.8 Å². The van der Waals surface area contributed by atoms with E-state index in [4.69, 9.17) is 4.74 Å². The van der Waals surface area contributed by atoms with Gasteiger partial charge in [0.25, 0.3) is 5.91 Å². The lowest BCUT2D eigenvalue weighted by atomic mass is 10.2. The number of carbonyl (C=O) groups is 2. The van der Waals surface area contributed by atoms with Gasteiger partial charge in [0.2, 0.25) is 5.91 Å². The SMILES string of the molecule is COc1ccc(C(=O)Nc2ccc(SC(C)C(=O)N(c3ccccc3)c3ccccc3)cc2)cc1. The number of benzene rings is 4. The average molecular weight is 483 g/mol. The smallest absolute Gasteiger partial charge is 0.255 e. The molecule has 0 bridgehead atoms. The molecule has 1 atom stereocenters. The van der Waals surface area contributed by atoms with Gasteiger partial charge in [0, 0.05) is 27.5 Å². The van der Waals surface area contributed by atoms with Gasteiger partial charge >= 0.3 is 0 Å². The zero-order valence-corrected chi connectivity index (χ0v) is 20.4. The molecule has 4 aromatic rings. The molecule has 5 nitrogen and oxygen atoms in total. The molecule has 2 amide bonds. The third-order valence-electron chi connectivity index (χ3n) is 5.37. The van der Waals surface area contributed by atoms with E-state index < -0.39 is 0 Å². The lowest BCUT2D eigenvalue weighted by Gasteiger charge is -2.26. The molecule has 0 aliphatic heterocycles. The van der Waals surface area contributed by atoms with Gasteiger partial charge in [-0.15, -0.1) is 11.8 Å². The molecule has 4 rings (SSSR count).